The van der Waals surface area contributed by atoms with Crippen LogP contribution in [-0.2, 0) is 6.54 Å². The third kappa shape index (κ3) is 10.8. The molecule has 0 atom stereocenters. The van der Waals surface area contributed by atoms with Crippen molar-refractivity contribution in [2.24, 2.45) is 5.73 Å². The standard InChI is InChI=1S/C9H15N3S.3C2H6/c1-3-4-9(13-2)8-5-7(6-10)11-12-8;3*1-2/h4-5H,3,6,10H2,1-2H3,(H,11,12);3*1-2H3/b9-4-;;;. The van der Waals surface area contributed by atoms with Gasteiger partial charge in [-0.05, 0) is 18.7 Å². The number of rotatable bonds is 4. The van der Waals surface area contributed by atoms with E-state index in [-0.39, 0.29) is 0 Å². The van der Waals surface area contributed by atoms with Crippen LogP contribution in [0, 0.1) is 0 Å². The van der Waals surface area contributed by atoms with Crippen molar-refractivity contribution >= 4 is 16.7 Å². The van der Waals surface area contributed by atoms with Crippen molar-refractivity contribution in [2.45, 2.75) is 61.4 Å². The van der Waals surface area contributed by atoms with Gasteiger partial charge in [-0.1, -0.05) is 54.5 Å². The van der Waals surface area contributed by atoms with Crippen LogP contribution in [0.3, 0.4) is 0 Å². The molecule has 1 aromatic rings. The smallest absolute Gasteiger partial charge is 0.0984 e. The van der Waals surface area contributed by atoms with E-state index in [1.54, 1.807) is 11.8 Å². The molecule has 0 aromatic carbocycles. The molecule has 1 heterocycles. The van der Waals surface area contributed by atoms with Gasteiger partial charge in [-0.2, -0.15) is 5.10 Å². The van der Waals surface area contributed by atoms with E-state index < -0.39 is 0 Å². The van der Waals surface area contributed by atoms with Gasteiger partial charge >= 0.3 is 0 Å². The Morgan fingerprint density at radius 3 is 2.11 bits per heavy atom. The molecule has 0 fully saturated rings. The number of aromatic nitrogens is 2. The van der Waals surface area contributed by atoms with Crippen LogP contribution in [0.4, 0.5) is 0 Å². The molecule has 1 rings (SSSR count). The summed E-state index contributed by atoms with van der Waals surface area (Å²) in [6.45, 7) is 14.6. The molecule has 114 valence electrons. The van der Waals surface area contributed by atoms with E-state index in [4.69, 9.17) is 5.73 Å². The lowest BCUT2D eigenvalue weighted by atomic mass is 10.3. The van der Waals surface area contributed by atoms with Gasteiger partial charge in [0.1, 0.15) is 0 Å². The van der Waals surface area contributed by atoms with Crippen LogP contribution in [0.5, 0.6) is 0 Å². The zero-order valence-electron chi connectivity index (χ0n) is 14.0. The lowest BCUT2D eigenvalue weighted by Gasteiger charge is -1.96. The molecule has 0 aliphatic rings. The van der Waals surface area contributed by atoms with Crippen molar-refractivity contribution in [3.63, 3.8) is 0 Å². The summed E-state index contributed by atoms with van der Waals surface area (Å²) in [7, 11) is 0. The van der Waals surface area contributed by atoms with E-state index in [9.17, 15) is 0 Å². The van der Waals surface area contributed by atoms with Crippen molar-refractivity contribution in [3.8, 4) is 0 Å². The molecule has 0 spiro atoms. The van der Waals surface area contributed by atoms with Crippen LogP contribution in [-0.4, -0.2) is 16.5 Å². The summed E-state index contributed by atoms with van der Waals surface area (Å²) in [6.07, 6.45) is 5.25. The molecular formula is C15H33N3S. The Balaban J connectivity index is -0.000000375. The first-order chi connectivity index (χ1) is 9.31. The molecule has 0 saturated carbocycles. The number of H-pyrrole nitrogens is 1. The van der Waals surface area contributed by atoms with Crippen molar-refractivity contribution in [2.75, 3.05) is 6.26 Å². The van der Waals surface area contributed by atoms with Crippen molar-refractivity contribution in [1.82, 2.24) is 10.2 Å². The lowest BCUT2D eigenvalue weighted by molar-refractivity contribution is 0.945. The molecule has 0 amide bonds. The molecule has 4 heteroatoms. The Morgan fingerprint density at radius 2 is 1.79 bits per heavy atom. The maximum atomic E-state index is 5.48. The number of nitrogens with two attached hydrogens (primary N) is 1. The number of aromatic amines is 1. The summed E-state index contributed by atoms with van der Waals surface area (Å²) < 4.78 is 0. The van der Waals surface area contributed by atoms with Gasteiger partial charge < -0.3 is 5.73 Å². The average molecular weight is 288 g/mol. The first kappa shape index (κ1) is 23.4. The van der Waals surface area contributed by atoms with Crippen molar-refractivity contribution in [3.05, 3.63) is 23.5 Å². The molecule has 0 aliphatic carbocycles. The topological polar surface area (TPSA) is 54.7 Å². The first-order valence-electron chi connectivity index (χ1n) is 7.30. The minimum atomic E-state index is 0.515. The van der Waals surface area contributed by atoms with Crippen LogP contribution in [0.15, 0.2) is 12.1 Å². The molecular weight excluding hydrogens is 254 g/mol. The normalized spacial score (nSPS) is 9.21. The number of hydrogen-bond donors (Lipinski definition) is 2. The Bertz CT molecular complexity index is 293. The quantitative estimate of drug-likeness (QED) is 0.813. The van der Waals surface area contributed by atoms with Gasteiger partial charge in [0.05, 0.1) is 5.69 Å². The van der Waals surface area contributed by atoms with Crippen molar-refractivity contribution < 1.29 is 0 Å². The highest BCUT2D eigenvalue weighted by atomic mass is 32.2. The maximum Gasteiger partial charge on any atom is 0.0984 e. The molecule has 1 aromatic heterocycles. The SMILES string of the molecule is CC.CC.CC.CC/C=C(\SC)c1cc(CN)[nH]n1. The second-order valence-corrected chi connectivity index (χ2v) is 3.51. The fourth-order valence-electron chi connectivity index (χ4n) is 1.07. The minimum absolute atomic E-state index is 0.515. The van der Waals surface area contributed by atoms with Gasteiger partial charge in [-0.25, -0.2) is 0 Å². The molecule has 0 radical (unpaired) electrons. The molecule has 3 nitrogen and oxygen atoms in total. The Morgan fingerprint density at radius 1 is 1.26 bits per heavy atom. The largest absolute Gasteiger partial charge is 0.325 e. The summed E-state index contributed by atoms with van der Waals surface area (Å²) in [6, 6.07) is 2.00. The summed E-state index contributed by atoms with van der Waals surface area (Å²) >= 11 is 1.71. The minimum Gasteiger partial charge on any atom is -0.325 e. The fraction of sp³-hybridized carbons (Fsp3) is 0.667. The molecule has 0 unspecified atom stereocenters. The highest BCUT2D eigenvalue weighted by Crippen LogP contribution is 2.24. The van der Waals surface area contributed by atoms with Gasteiger partial charge in [0.25, 0.3) is 0 Å². The summed E-state index contributed by atoms with van der Waals surface area (Å²) in [5.74, 6) is 0. The van der Waals surface area contributed by atoms with Crippen LogP contribution in [0.1, 0.15) is 66.3 Å². The second kappa shape index (κ2) is 19.6. The summed E-state index contributed by atoms with van der Waals surface area (Å²) in [5.41, 5.74) is 7.45. The molecule has 19 heavy (non-hydrogen) atoms. The molecule has 0 saturated heterocycles. The Hall–Kier alpha value is -0.740. The fourth-order valence-corrected chi connectivity index (χ4v) is 1.72. The predicted octanol–water partition coefficient (Wildman–Crippen LogP) is 5.06. The molecule has 0 aliphatic heterocycles. The number of nitrogens with one attached hydrogen (secondary N) is 1. The van der Waals surface area contributed by atoms with Gasteiger partial charge in [0.2, 0.25) is 0 Å². The summed E-state index contributed by atoms with van der Waals surface area (Å²) in [4.78, 5) is 1.21. The number of hydrogen-bond acceptors (Lipinski definition) is 3. The maximum absolute atomic E-state index is 5.48. The third-order valence-corrected chi connectivity index (χ3v) is 2.53. The van der Waals surface area contributed by atoms with Crippen LogP contribution in [0.25, 0.3) is 4.91 Å². The van der Waals surface area contributed by atoms with E-state index in [2.05, 4.69) is 29.5 Å². The van der Waals surface area contributed by atoms with Gasteiger partial charge in [0.15, 0.2) is 0 Å². The van der Waals surface area contributed by atoms with Gasteiger partial charge in [-0.15, -0.1) is 11.8 Å². The Kier molecular flexibility index (Phi) is 24.1. The molecule has 3 N–H and O–H groups in total. The van der Waals surface area contributed by atoms with Crippen LogP contribution < -0.4 is 5.73 Å². The zero-order valence-corrected chi connectivity index (χ0v) is 14.8. The predicted molar refractivity (Wildman–Crippen MR) is 92.3 cm³/mol. The first-order valence-corrected chi connectivity index (χ1v) is 8.53. The lowest BCUT2D eigenvalue weighted by Crippen LogP contribution is -1.95. The van der Waals surface area contributed by atoms with E-state index in [1.165, 1.54) is 4.91 Å². The summed E-state index contributed by atoms with van der Waals surface area (Å²) in [5, 5.41) is 7.08. The highest BCUT2D eigenvalue weighted by Gasteiger charge is 2.03. The number of allylic oxidation sites excluding steroid dienone is 1. The highest BCUT2D eigenvalue weighted by molar-refractivity contribution is 8.07. The number of thioether (sulfide) groups is 1. The third-order valence-electron chi connectivity index (χ3n) is 1.71. The monoisotopic (exact) mass is 287 g/mol. The Labute approximate surface area is 124 Å². The van der Waals surface area contributed by atoms with Crippen molar-refractivity contribution in [1.29, 1.82) is 0 Å². The van der Waals surface area contributed by atoms with E-state index in [0.29, 0.717) is 6.54 Å². The molecule has 0 bridgehead atoms. The van der Waals surface area contributed by atoms with Crippen LogP contribution in [0.2, 0.25) is 0 Å². The number of nitrogens with zero attached hydrogens (tertiary/aromatic N) is 1. The van der Waals surface area contributed by atoms with Crippen LogP contribution >= 0.6 is 11.8 Å². The van der Waals surface area contributed by atoms with Gasteiger partial charge in [-0.3, -0.25) is 5.10 Å². The van der Waals surface area contributed by atoms with E-state index in [1.807, 2.05) is 47.6 Å². The van der Waals surface area contributed by atoms with Gasteiger partial charge in [0, 0.05) is 17.1 Å². The zero-order chi connectivity index (χ0) is 15.7. The van der Waals surface area contributed by atoms with E-state index in [0.717, 1.165) is 17.8 Å². The average Bonchev–Trinajstić information content (AvgIpc) is 2.99. The van der Waals surface area contributed by atoms with E-state index >= 15 is 0 Å². The second-order valence-electron chi connectivity index (χ2n) is 2.66.